The van der Waals surface area contributed by atoms with Crippen LogP contribution in [0.15, 0.2) is 28.8 Å². The van der Waals surface area contributed by atoms with Crippen LogP contribution in [-0.2, 0) is 22.4 Å². The Balaban J connectivity index is 1.68. The van der Waals surface area contributed by atoms with E-state index in [0.29, 0.717) is 30.0 Å². The van der Waals surface area contributed by atoms with Crippen molar-refractivity contribution in [3.8, 4) is 0 Å². The van der Waals surface area contributed by atoms with Gasteiger partial charge in [-0.1, -0.05) is 30.3 Å². The number of fused-ring (bicyclic) bond motifs is 1. The Morgan fingerprint density at radius 3 is 2.92 bits per heavy atom. The third kappa shape index (κ3) is 3.04. The van der Waals surface area contributed by atoms with Gasteiger partial charge < -0.3 is 14.2 Å². The number of nitrogens with zero attached hydrogens (tertiary/aromatic N) is 2. The number of ether oxygens (including phenoxy) is 1. The van der Waals surface area contributed by atoms with Gasteiger partial charge in [0.15, 0.2) is 6.61 Å². The Labute approximate surface area is 140 Å². The molecule has 0 saturated carbocycles. The van der Waals surface area contributed by atoms with Gasteiger partial charge in [0.1, 0.15) is 11.3 Å². The van der Waals surface area contributed by atoms with Gasteiger partial charge in [-0.3, -0.25) is 4.79 Å². The number of aromatic nitrogens is 1. The van der Waals surface area contributed by atoms with E-state index < -0.39 is 5.97 Å². The SMILES string of the molecule is CCc1noc(C)c1C(=O)OCC(=O)N1CCCc2ccccc21. The second-order valence-corrected chi connectivity index (χ2v) is 5.77. The van der Waals surface area contributed by atoms with Gasteiger partial charge in [0.25, 0.3) is 5.91 Å². The minimum absolute atomic E-state index is 0.220. The fourth-order valence-electron chi connectivity index (χ4n) is 2.99. The lowest BCUT2D eigenvalue weighted by atomic mass is 10.0. The molecule has 24 heavy (non-hydrogen) atoms. The van der Waals surface area contributed by atoms with Gasteiger partial charge in [0.2, 0.25) is 0 Å². The number of hydrogen-bond donors (Lipinski definition) is 0. The van der Waals surface area contributed by atoms with Crippen LogP contribution in [0, 0.1) is 6.92 Å². The van der Waals surface area contributed by atoms with E-state index in [1.54, 1.807) is 11.8 Å². The molecular formula is C18H20N2O4. The molecule has 1 aromatic heterocycles. The highest BCUT2D eigenvalue weighted by Crippen LogP contribution is 2.26. The Morgan fingerprint density at radius 1 is 1.33 bits per heavy atom. The van der Waals surface area contributed by atoms with Crippen LogP contribution in [0.1, 0.15) is 40.7 Å². The molecule has 6 heteroatoms. The van der Waals surface area contributed by atoms with E-state index >= 15 is 0 Å². The van der Waals surface area contributed by atoms with Crippen molar-refractivity contribution < 1.29 is 18.8 Å². The second-order valence-electron chi connectivity index (χ2n) is 5.77. The monoisotopic (exact) mass is 328 g/mol. The van der Waals surface area contributed by atoms with Crippen molar-refractivity contribution in [2.45, 2.75) is 33.1 Å². The maximum absolute atomic E-state index is 12.5. The lowest BCUT2D eigenvalue weighted by Crippen LogP contribution is -2.38. The van der Waals surface area contributed by atoms with Crippen LogP contribution in [0.3, 0.4) is 0 Å². The standard InChI is InChI=1S/C18H20N2O4/c1-3-14-17(12(2)24-19-14)18(22)23-11-16(21)20-10-6-8-13-7-4-5-9-15(13)20/h4-5,7,9H,3,6,8,10-11H2,1-2H3. The molecule has 0 radical (unpaired) electrons. The smallest absolute Gasteiger partial charge is 0.344 e. The van der Waals surface area contributed by atoms with Crippen LogP contribution in [0.2, 0.25) is 0 Å². The third-order valence-corrected chi connectivity index (χ3v) is 4.21. The lowest BCUT2D eigenvalue weighted by molar-refractivity contribution is -0.121. The molecule has 126 valence electrons. The van der Waals surface area contributed by atoms with E-state index in [0.717, 1.165) is 24.1 Å². The summed E-state index contributed by atoms with van der Waals surface area (Å²) in [6, 6.07) is 7.82. The van der Waals surface area contributed by atoms with Crippen molar-refractivity contribution in [2.24, 2.45) is 0 Å². The zero-order valence-electron chi connectivity index (χ0n) is 13.9. The summed E-state index contributed by atoms with van der Waals surface area (Å²) in [6.45, 7) is 3.89. The molecule has 0 bridgehead atoms. The molecule has 0 unspecified atom stereocenters. The van der Waals surface area contributed by atoms with Gasteiger partial charge in [-0.25, -0.2) is 4.79 Å². The Kier molecular flexibility index (Phi) is 4.64. The maximum Gasteiger partial charge on any atom is 0.344 e. The highest BCUT2D eigenvalue weighted by atomic mass is 16.5. The van der Waals surface area contributed by atoms with Crippen LogP contribution >= 0.6 is 0 Å². The molecule has 0 fully saturated rings. The molecule has 0 saturated heterocycles. The zero-order valence-corrected chi connectivity index (χ0v) is 13.9. The molecule has 3 rings (SSSR count). The van der Waals surface area contributed by atoms with Crippen LogP contribution in [-0.4, -0.2) is 30.2 Å². The van der Waals surface area contributed by atoms with Crippen LogP contribution < -0.4 is 4.90 Å². The number of carbonyl (C=O) groups is 2. The number of benzene rings is 1. The first-order valence-electron chi connectivity index (χ1n) is 8.12. The van der Waals surface area contributed by atoms with Crippen LogP contribution in [0.25, 0.3) is 0 Å². The molecule has 0 spiro atoms. The van der Waals surface area contributed by atoms with Gasteiger partial charge in [0.05, 0.1) is 5.69 Å². The van der Waals surface area contributed by atoms with Crippen LogP contribution in [0.4, 0.5) is 5.69 Å². The summed E-state index contributed by atoms with van der Waals surface area (Å²) >= 11 is 0. The summed E-state index contributed by atoms with van der Waals surface area (Å²) in [4.78, 5) is 26.4. The van der Waals surface area contributed by atoms with Crippen LogP contribution in [0.5, 0.6) is 0 Å². The van der Waals surface area contributed by atoms with E-state index in [1.165, 1.54) is 0 Å². The Hall–Kier alpha value is -2.63. The average molecular weight is 328 g/mol. The van der Waals surface area contributed by atoms with Gasteiger partial charge in [-0.2, -0.15) is 0 Å². The zero-order chi connectivity index (χ0) is 17.1. The van der Waals surface area contributed by atoms with E-state index in [1.807, 2.05) is 31.2 Å². The van der Waals surface area contributed by atoms with Gasteiger partial charge in [-0.15, -0.1) is 0 Å². The predicted octanol–water partition coefficient (Wildman–Crippen LogP) is 2.68. The molecule has 1 aliphatic rings. The number of carbonyl (C=O) groups excluding carboxylic acids is 2. The van der Waals surface area contributed by atoms with Gasteiger partial charge in [0, 0.05) is 12.2 Å². The fraction of sp³-hybridized carbons (Fsp3) is 0.389. The van der Waals surface area contributed by atoms with Crippen molar-refractivity contribution in [2.75, 3.05) is 18.1 Å². The molecule has 1 amide bonds. The highest BCUT2D eigenvalue weighted by Gasteiger charge is 2.25. The number of rotatable bonds is 4. The minimum atomic E-state index is -0.566. The molecule has 6 nitrogen and oxygen atoms in total. The molecule has 0 atom stereocenters. The first kappa shape index (κ1) is 16.2. The first-order chi connectivity index (χ1) is 11.6. The molecule has 1 aliphatic heterocycles. The van der Waals surface area contributed by atoms with Crippen molar-refractivity contribution in [1.29, 1.82) is 0 Å². The van der Waals surface area contributed by atoms with Crippen molar-refractivity contribution in [1.82, 2.24) is 5.16 Å². The summed E-state index contributed by atoms with van der Waals surface area (Å²) in [5, 5.41) is 3.83. The minimum Gasteiger partial charge on any atom is -0.452 e. The summed E-state index contributed by atoms with van der Waals surface area (Å²) in [5.41, 5.74) is 2.92. The number of amides is 1. The third-order valence-electron chi connectivity index (χ3n) is 4.21. The maximum atomic E-state index is 12.5. The Morgan fingerprint density at radius 2 is 2.12 bits per heavy atom. The van der Waals surface area contributed by atoms with Gasteiger partial charge >= 0.3 is 5.97 Å². The summed E-state index contributed by atoms with van der Waals surface area (Å²) in [6.07, 6.45) is 2.43. The first-order valence-corrected chi connectivity index (χ1v) is 8.12. The number of anilines is 1. The summed E-state index contributed by atoms with van der Waals surface area (Å²) < 4.78 is 10.2. The number of para-hydroxylation sites is 1. The molecule has 0 aliphatic carbocycles. The molecule has 1 aromatic carbocycles. The average Bonchev–Trinajstić information content (AvgIpc) is 2.99. The second kappa shape index (κ2) is 6.86. The lowest BCUT2D eigenvalue weighted by Gasteiger charge is -2.29. The van der Waals surface area contributed by atoms with Crippen molar-refractivity contribution >= 4 is 17.6 Å². The summed E-state index contributed by atoms with van der Waals surface area (Å²) in [7, 11) is 0. The number of hydrogen-bond acceptors (Lipinski definition) is 5. The molecule has 2 heterocycles. The largest absolute Gasteiger partial charge is 0.452 e. The van der Waals surface area contributed by atoms with Gasteiger partial charge in [-0.05, 0) is 37.8 Å². The van der Waals surface area contributed by atoms with E-state index in [9.17, 15) is 9.59 Å². The van der Waals surface area contributed by atoms with Crippen molar-refractivity contribution in [3.05, 3.63) is 46.8 Å². The fourth-order valence-corrected chi connectivity index (χ4v) is 2.99. The quantitative estimate of drug-likeness (QED) is 0.807. The topological polar surface area (TPSA) is 72.6 Å². The normalized spacial score (nSPS) is 13.5. The number of esters is 1. The van der Waals surface area contributed by atoms with Crippen molar-refractivity contribution in [3.63, 3.8) is 0 Å². The summed E-state index contributed by atoms with van der Waals surface area (Å²) in [5.74, 6) is -0.375. The highest BCUT2D eigenvalue weighted by molar-refractivity contribution is 5.98. The Bertz CT molecular complexity index is 766. The van der Waals surface area contributed by atoms with E-state index in [2.05, 4.69) is 5.16 Å². The molecule has 0 N–H and O–H groups in total. The number of aryl methyl sites for hydroxylation is 3. The van der Waals surface area contributed by atoms with E-state index in [4.69, 9.17) is 9.26 Å². The predicted molar refractivity (Wildman–Crippen MR) is 88.0 cm³/mol. The molecular weight excluding hydrogens is 308 g/mol. The molecule has 2 aromatic rings. The van der Waals surface area contributed by atoms with E-state index in [-0.39, 0.29) is 12.5 Å².